The van der Waals surface area contributed by atoms with Crippen molar-refractivity contribution < 1.29 is 14.2 Å². The van der Waals surface area contributed by atoms with Crippen molar-refractivity contribution in [2.24, 2.45) is 10.7 Å². The molecule has 0 saturated heterocycles. The highest BCUT2D eigenvalue weighted by atomic mass is 16.5. The lowest BCUT2D eigenvalue weighted by Gasteiger charge is -2.25. The number of aromatic nitrogens is 2. The van der Waals surface area contributed by atoms with E-state index in [9.17, 15) is 0 Å². The molecule has 8 heteroatoms. The molecule has 0 radical (unpaired) electrons. The number of nitrogens with two attached hydrogens (primary N) is 1. The summed E-state index contributed by atoms with van der Waals surface area (Å²) < 4.78 is 18.4. The lowest BCUT2D eigenvalue weighted by atomic mass is 10.1. The van der Waals surface area contributed by atoms with Crippen molar-refractivity contribution in [1.82, 2.24) is 9.55 Å². The van der Waals surface area contributed by atoms with Crippen LogP contribution in [0.4, 0.5) is 5.95 Å². The van der Waals surface area contributed by atoms with Crippen LogP contribution in [0.3, 0.4) is 0 Å². The number of para-hydroxylation sites is 2. The van der Waals surface area contributed by atoms with Gasteiger partial charge in [-0.15, -0.1) is 0 Å². The van der Waals surface area contributed by atoms with Crippen LogP contribution >= 0.6 is 0 Å². The molecule has 0 amide bonds. The molecule has 0 spiro atoms. The maximum atomic E-state index is 6.01. The molecule has 0 bridgehead atoms. The van der Waals surface area contributed by atoms with E-state index in [1.807, 2.05) is 34.9 Å². The van der Waals surface area contributed by atoms with E-state index >= 15 is 0 Å². The number of ether oxygens (including phenoxy) is 3. The summed E-state index contributed by atoms with van der Waals surface area (Å²) in [6, 6.07) is 11.5. The monoisotopic (exact) mass is 353 g/mol. The molecule has 26 heavy (non-hydrogen) atoms. The van der Waals surface area contributed by atoms with E-state index in [2.05, 4.69) is 15.3 Å². The second kappa shape index (κ2) is 6.14. The topological polar surface area (TPSA) is 95.9 Å². The van der Waals surface area contributed by atoms with E-state index in [-0.39, 0.29) is 5.96 Å². The number of hydrogen-bond donors (Lipinski definition) is 2. The standard InChI is InChI=1S/C18H19N5O3/c1-24-13-9-15(26-3)14(25-2)8-10(13)16-21-17(19)22-18-20-11-6-4-5-7-12(11)23(16)18/h4-9,16H,1-3H3,(H3,19,20,21,22)/t16-/m0/s1. The first-order valence-corrected chi connectivity index (χ1v) is 8.03. The number of nitrogens with one attached hydrogen (secondary N) is 1. The number of imidazole rings is 1. The Hall–Kier alpha value is -3.42. The molecule has 1 aliphatic heterocycles. The van der Waals surface area contributed by atoms with Gasteiger partial charge in [0.2, 0.25) is 5.95 Å². The Bertz CT molecular complexity index is 1010. The predicted molar refractivity (Wildman–Crippen MR) is 99.2 cm³/mol. The molecule has 2 aromatic carbocycles. The number of rotatable bonds is 4. The predicted octanol–water partition coefficient (Wildman–Crippen LogP) is 2.35. The Balaban J connectivity index is 1.97. The van der Waals surface area contributed by atoms with Gasteiger partial charge in [-0.1, -0.05) is 12.1 Å². The van der Waals surface area contributed by atoms with Crippen LogP contribution in [0.2, 0.25) is 0 Å². The lowest BCUT2D eigenvalue weighted by Crippen LogP contribution is -2.31. The molecule has 0 fully saturated rings. The zero-order chi connectivity index (χ0) is 18.3. The number of hydrogen-bond acceptors (Lipinski definition) is 7. The average Bonchev–Trinajstić information content (AvgIpc) is 3.04. The number of methoxy groups -OCH3 is 3. The van der Waals surface area contributed by atoms with Crippen LogP contribution < -0.4 is 25.3 Å². The summed E-state index contributed by atoms with van der Waals surface area (Å²) in [7, 11) is 4.77. The van der Waals surface area contributed by atoms with Crippen molar-refractivity contribution in [2.45, 2.75) is 6.17 Å². The zero-order valence-corrected chi connectivity index (χ0v) is 14.7. The van der Waals surface area contributed by atoms with E-state index in [0.717, 1.165) is 16.6 Å². The minimum atomic E-state index is -0.451. The van der Waals surface area contributed by atoms with E-state index in [1.54, 1.807) is 27.4 Å². The molecular weight excluding hydrogens is 334 g/mol. The van der Waals surface area contributed by atoms with Crippen molar-refractivity contribution in [3.05, 3.63) is 42.0 Å². The third kappa shape index (κ3) is 2.38. The maximum absolute atomic E-state index is 6.01. The minimum Gasteiger partial charge on any atom is -0.496 e. The van der Waals surface area contributed by atoms with E-state index in [0.29, 0.717) is 23.2 Å². The molecule has 0 unspecified atom stereocenters. The summed E-state index contributed by atoms with van der Waals surface area (Å²) in [6.07, 6.45) is -0.451. The third-order valence-electron chi connectivity index (χ3n) is 4.36. The van der Waals surface area contributed by atoms with Gasteiger partial charge in [0.1, 0.15) is 5.75 Å². The van der Waals surface area contributed by atoms with E-state index in [1.165, 1.54) is 0 Å². The summed E-state index contributed by atoms with van der Waals surface area (Å²) in [4.78, 5) is 9.19. The van der Waals surface area contributed by atoms with E-state index < -0.39 is 6.17 Å². The fraction of sp³-hybridized carbons (Fsp3) is 0.222. The summed E-state index contributed by atoms with van der Waals surface area (Å²) in [5.41, 5.74) is 8.59. The Morgan fingerprint density at radius 1 is 1.00 bits per heavy atom. The van der Waals surface area contributed by atoms with Crippen molar-refractivity contribution in [3.8, 4) is 17.2 Å². The van der Waals surface area contributed by atoms with Gasteiger partial charge < -0.3 is 19.9 Å². The second-order valence-corrected chi connectivity index (χ2v) is 5.76. The fourth-order valence-corrected chi connectivity index (χ4v) is 3.18. The quantitative estimate of drug-likeness (QED) is 0.747. The van der Waals surface area contributed by atoms with Crippen LogP contribution in [-0.4, -0.2) is 36.8 Å². The van der Waals surface area contributed by atoms with Gasteiger partial charge in [-0.05, 0) is 18.2 Å². The minimum absolute atomic E-state index is 0.287. The number of fused-ring (bicyclic) bond motifs is 3. The number of benzene rings is 2. The number of anilines is 1. The summed E-state index contributed by atoms with van der Waals surface area (Å²) in [5.74, 6) is 2.70. The van der Waals surface area contributed by atoms with Crippen molar-refractivity contribution in [1.29, 1.82) is 0 Å². The Labute approximate surface area is 150 Å². The SMILES string of the molecule is COc1cc(OC)c([C@H]2N=C(N)Nc3nc4ccccc4n32)cc1OC. The Morgan fingerprint density at radius 3 is 2.42 bits per heavy atom. The number of guanidine groups is 1. The third-order valence-corrected chi connectivity index (χ3v) is 4.36. The second-order valence-electron chi connectivity index (χ2n) is 5.76. The molecule has 1 aromatic heterocycles. The van der Waals surface area contributed by atoms with Gasteiger partial charge in [-0.3, -0.25) is 9.88 Å². The molecular formula is C18H19N5O3. The molecule has 0 aliphatic carbocycles. The van der Waals surface area contributed by atoms with E-state index in [4.69, 9.17) is 19.9 Å². The van der Waals surface area contributed by atoms with Gasteiger partial charge in [-0.25, -0.2) is 9.98 Å². The average molecular weight is 353 g/mol. The molecule has 1 atom stereocenters. The Morgan fingerprint density at radius 2 is 1.69 bits per heavy atom. The highest BCUT2D eigenvalue weighted by Gasteiger charge is 2.28. The first kappa shape index (κ1) is 16.1. The zero-order valence-electron chi connectivity index (χ0n) is 14.7. The Kier molecular flexibility index (Phi) is 3.80. The van der Waals surface area contributed by atoms with Gasteiger partial charge in [0.25, 0.3) is 0 Å². The first-order valence-electron chi connectivity index (χ1n) is 8.03. The molecule has 2 heterocycles. The van der Waals surface area contributed by atoms with Gasteiger partial charge in [0.05, 0.1) is 32.4 Å². The smallest absolute Gasteiger partial charge is 0.212 e. The number of aliphatic imine (C=N–C) groups is 1. The maximum Gasteiger partial charge on any atom is 0.212 e. The largest absolute Gasteiger partial charge is 0.496 e. The van der Waals surface area contributed by atoms with Crippen LogP contribution in [0.5, 0.6) is 17.2 Å². The van der Waals surface area contributed by atoms with Crippen LogP contribution in [0.15, 0.2) is 41.4 Å². The van der Waals surface area contributed by atoms with Gasteiger partial charge in [0, 0.05) is 11.6 Å². The summed E-state index contributed by atoms with van der Waals surface area (Å²) >= 11 is 0. The highest BCUT2D eigenvalue weighted by Crippen LogP contribution is 2.41. The highest BCUT2D eigenvalue weighted by molar-refractivity contribution is 5.94. The van der Waals surface area contributed by atoms with Crippen molar-refractivity contribution >= 4 is 22.9 Å². The molecule has 0 saturated carbocycles. The molecule has 8 nitrogen and oxygen atoms in total. The first-order chi connectivity index (χ1) is 12.7. The molecule has 134 valence electrons. The van der Waals surface area contributed by atoms with Gasteiger partial charge >= 0.3 is 0 Å². The van der Waals surface area contributed by atoms with Crippen molar-refractivity contribution in [3.63, 3.8) is 0 Å². The lowest BCUT2D eigenvalue weighted by molar-refractivity contribution is 0.345. The molecule has 3 N–H and O–H groups in total. The summed E-state index contributed by atoms with van der Waals surface area (Å²) in [5, 5.41) is 3.02. The van der Waals surface area contributed by atoms with Gasteiger partial charge in [-0.2, -0.15) is 0 Å². The summed E-state index contributed by atoms with van der Waals surface area (Å²) in [6.45, 7) is 0. The van der Waals surface area contributed by atoms with Gasteiger partial charge in [0.15, 0.2) is 23.6 Å². The van der Waals surface area contributed by atoms with Crippen LogP contribution in [0.25, 0.3) is 11.0 Å². The molecule has 4 rings (SSSR count). The van der Waals surface area contributed by atoms with Crippen LogP contribution in [0.1, 0.15) is 11.7 Å². The molecule has 1 aliphatic rings. The normalized spacial score (nSPS) is 15.8. The number of nitrogens with zero attached hydrogens (tertiary/aromatic N) is 3. The molecule has 3 aromatic rings. The van der Waals surface area contributed by atoms with Crippen LogP contribution in [-0.2, 0) is 0 Å². The van der Waals surface area contributed by atoms with Crippen LogP contribution in [0, 0.1) is 0 Å². The van der Waals surface area contributed by atoms with Crippen molar-refractivity contribution in [2.75, 3.05) is 26.6 Å². The fourth-order valence-electron chi connectivity index (χ4n) is 3.18.